The molecule has 0 unspecified atom stereocenters. The van der Waals surface area contributed by atoms with Gasteiger partial charge in [-0.15, -0.1) is 0 Å². The summed E-state index contributed by atoms with van der Waals surface area (Å²) < 4.78 is 0. The molecule has 0 aliphatic carbocycles. The van der Waals surface area contributed by atoms with E-state index in [1.807, 2.05) is 0 Å². The number of hydrogen-bond donors (Lipinski definition) is 9. The Kier molecular flexibility index (Phi) is 13.7. The number of nitrogens with two attached hydrogens (primary N) is 4. The molecule has 252 valence electrons. The van der Waals surface area contributed by atoms with Gasteiger partial charge in [-0.2, -0.15) is 0 Å². The van der Waals surface area contributed by atoms with Gasteiger partial charge in [0.25, 0.3) is 0 Å². The molecular weight excluding hydrogens is 592 g/mol. The minimum Gasteiger partial charge on any atom is -0.508 e. The summed E-state index contributed by atoms with van der Waals surface area (Å²) >= 11 is 0. The van der Waals surface area contributed by atoms with E-state index in [2.05, 4.69) is 16.0 Å². The van der Waals surface area contributed by atoms with Crippen LogP contribution in [0.25, 0.3) is 11.1 Å². The van der Waals surface area contributed by atoms with Gasteiger partial charge in [0.1, 0.15) is 29.6 Å². The Morgan fingerprint density at radius 1 is 0.957 bits per heavy atom. The Balaban J connectivity index is 2.15. The predicted molar refractivity (Wildman–Crippen MR) is 174 cm³/mol. The fourth-order valence-electron chi connectivity index (χ4n) is 5.50. The fraction of sp³-hybridized carbons (Fsp3) is 0.500. The van der Waals surface area contributed by atoms with Gasteiger partial charge in [0, 0.05) is 32.5 Å². The minimum absolute atomic E-state index is 0.00677. The third-order valence-corrected chi connectivity index (χ3v) is 8.07. The lowest BCUT2D eigenvalue weighted by atomic mass is 9.95. The van der Waals surface area contributed by atoms with Crippen molar-refractivity contribution >= 4 is 23.6 Å². The van der Waals surface area contributed by atoms with Crippen LogP contribution >= 0.6 is 0 Å². The van der Waals surface area contributed by atoms with E-state index < -0.39 is 47.8 Å². The van der Waals surface area contributed by atoms with Crippen molar-refractivity contribution < 1.29 is 29.4 Å². The Labute approximate surface area is 269 Å². The molecule has 1 aliphatic rings. The van der Waals surface area contributed by atoms with Crippen LogP contribution in [0.4, 0.5) is 0 Å². The number of fused-ring (bicyclic) bond motifs is 5. The van der Waals surface area contributed by atoms with Crippen LogP contribution in [0.5, 0.6) is 11.5 Å². The van der Waals surface area contributed by atoms with Crippen molar-refractivity contribution in [3.63, 3.8) is 0 Å². The number of nitrogens with zero attached hydrogens (tertiary/aromatic N) is 1. The predicted octanol–water partition coefficient (Wildman–Crippen LogP) is -1.07. The first kappa shape index (κ1) is 36.2. The van der Waals surface area contributed by atoms with Gasteiger partial charge in [0.2, 0.25) is 23.6 Å². The van der Waals surface area contributed by atoms with E-state index in [1.54, 1.807) is 31.2 Å². The third kappa shape index (κ3) is 9.39. The van der Waals surface area contributed by atoms with Crippen molar-refractivity contribution in [1.82, 2.24) is 20.9 Å². The Bertz CT molecular complexity index is 1370. The average molecular weight is 641 g/mol. The zero-order valence-corrected chi connectivity index (χ0v) is 26.3. The molecule has 46 heavy (non-hydrogen) atoms. The van der Waals surface area contributed by atoms with Crippen LogP contribution in [0.3, 0.4) is 0 Å². The molecule has 0 aromatic heterocycles. The molecule has 14 heteroatoms. The second kappa shape index (κ2) is 17.5. The topological polar surface area (TPSA) is 252 Å². The minimum atomic E-state index is -1.19. The van der Waals surface area contributed by atoms with Crippen LogP contribution in [0.15, 0.2) is 36.4 Å². The summed E-state index contributed by atoms with van der Waals surface area (Å²) in [6.07, 6.45) is 1.17. The van der Waals surface area contributed by atoms with E-state index >= 15 is 0 Å². The summed E-state index contributed by atoms with van der Waals surface area (Å²) in [6.45, 7) is 2.74. The molecule has 4 amide bonds. The van der Waals surface area contributed by atoms with Crippen LogP contribution < -0.4 is 38.9 Å². The van der Waals surface area contributed by atoms with E-state index in [0.717, 1.165) is 0 Å². The summed E-state index contributed by atoms with van der Waals surface area (Å²) in [5.74, 6) is -2.35. The smallest absolute Gasteiger partial charge is 0.245 e. The second-order valence-electron chi connectivity index (χ2n) is 11.4. The number of likely N-dealkylation sites (N-methyl/N-ethyl adjacent to an activating group) is 1. The second-order valence-corrected chi connectivity index (χ2v) is 11.4. The summed E-state index contributed by atoms with van der Waals surface area (Å²) in [4.78, 5) is 55.9. The highest BCUT2D eigenvalue weighted by Gasteiger charge is 2.36. The molecule has 1 aliphatic heterocycles. The first-order valence-corrected chi connectivity index (χ1v) is 15.7. The van der Waals surface area contributed by atoms with Gasteiger partial charge in [-0.1, -0.05) is 12.1 Å². The molecular formula is C32H48N8O6. The summed E-state index contributed by atoms with van der Waals surface area (Å²) in [6, 6.07) is 5.48. The lowest BCUT2D eigenvalue weighted by molar-refractivity contribution is -0.144. The highest BCUT2D eigenvalue weighted by Crippen LogP contribution is 2.31. The third-order valence-electron chi connectivity index (χ3n) is 8.07. The molecule has 0 fully saturated rings. The van der Waals surface area contributed by atoms with Gasteiger partial charge in [-0.3, -0.25) is 19.2 Å². The number of phenols is 2. The van der Waals surface area contributed by atoms with Crippen molar-refractivity contribution in [2.24, 2.45) is 22.9 Å². The van der Waals surface area contributed by atoms with Crippen molar-refractivity contribution in [2.45, 2.75) is 69.6 Å². The number of carbonyl (C=O) groups is 4. The fourth-order valence-corrected chi connectivity index (χ4v) is 5.50. The van der Waals surface area contributed by atoms with Crippen LogP contribution in [-0.2, 0) is 32.0 Å². The van der Waals surface area contributed by atoms with Crippen molar-refractivity contribution in [3.05, 3.63) is 47.5 Å². The van der Waals surface area contributed by atoms with Crippen molar-refractivity contribution in [1.29, 1.82) is 0 Å². The maximum atomic E-state index is 14.2. The number of aromatic hydroxyl groups is 2. The Hall–Kier alpha value is -4.24. The lowest BCUT2D eigenvalue weighted by Gasteiger charge is -2.34. The average Bonchev–Trinajstić information content (AvgIpc) is 3.04. The van der Waals surface area contributed by atoms with E-state index in [1.165, 1.54) is 17.0 Å². The standard InChI is InChI=1S/C32H48N8O6/c1-2-40-26(31(45)38-24(5-3-11-33)30(44)37-14-13-35)18-22-16-20(8-10-28(22)42)19-7-9-27(41)21(15-19)17-23(36)29(43)39-25(32(40)46)6-4-12-34/h7-10,15-16,23-26,41-42H,2-6,11-14,17-18,33-36H2,1H3,(H,37,44)(H,38,45)(H,39,43)/t23-,24-,25-,26-/m0/s1. The maximum absolute atomic E-state index is 14.2. The molecule has 4 atom stereocenters. The summed E-state index contributed by atoms with van der Waals surface area (Å²) in [5.41, 5.74) is 25.4. The van der Waals surface area contributed by atoms with Gasteiger partial charge in [-0.05, 0) is 92.2 Å². The lowest BCUT2D eigenvalue weighted by Crippen LogP contribution is -2.60. The van der Waals surface area contributed by atoms with Crippen LogP contribution in [0.1, 0.15) is 43.7 Å². The van der Waals surface area contributed by atoms with E-state index in [9.17, 15) is 29.4 Å². The number of carbonyl (C=O) groups excluding carboxylic acids is 4. The monoisotopic (exact) mass is 640 g/mol. The van der Waals surface area contributed by atoms with Gasteiger partial charge < -0.3 is 54.0 Å². The normalized spacial score (nSPS) is 19.4. The van der Waals surface area contributed by atoms with Gasteiger partial charge in [0.05, 0.1) is 6.04 Å². The van der Waals surface area contributed by atoms with Gasteiger partial charge in [0.15, 0.2) is 0 Å². The molecule has 2 aromatic rings. The highest BCUT2D eigenvalue weighted by molar-refractivity contribution is 5.95. The first-order valence-electron chi connectivity index (χ1n) is 15.7. The van der Waals surface area contributed by atoms with Crippen molar-refractivity contribution in [3.8, 4) is 22.6 Å². The molecule has 0 saturated carbocycles. The van der Waals surface area contributed by atoms with E-state index in [-0.39, 0.29) is 63.4 Å². The van der Waals surface area contributed by atoms with Crippen LogP contribution in [-0.4, -0.2) is 95.6 Å². The largest absolute Gasteiger partial charge is 0.508 e. The molecule has 0 spiro atoms. The van der Waals surface area contributed by atoms with Crippen LogP contribution in [0, 0.1) is 0 Å². The van der Waals surface area contributed by atoms with E-state index in [4.69, 9.17) is 22.9 Å². The molecule has 2 aromatic carbocycles. The maximum Gasteiger partial charge on any atom is 0.245 e. The molecule has 4 bridgehead atoms. The zero-order valence-electron chi connectivity index (χ0n) is 26.3. The van der Waals surface area contributed by atoms with Crippen molar-refractivity contribution in [2.75, 3.05) is 32.7 Å². The zero-order chi connectivity index (χ0) is 33.8. The number of amides is 4. The molecule has 13 N–H and O–H groups in total. The number of benzene rings is 2. The quantitative estimate of drug-likeness (QED) is 0.136. The number of hydrogen-bond acceptors (Lipinski definition) is 10. The Morgan fingerprint density at radius 2 is 1.57 bits per heavy atom. The molecule has 0 radical (unpaired) electrons. The number of nitrogens with one attached hydrogen (secondary N) is 3. The first-order chi connectivity index (χ1) is 22.0. The summed E-state index contributed by atoms with van der Waals surface area (Å²) in [7, 11) is 0. The highest BCUT2D eigenvalue weighted by atomic mass is 16.3. The Morgan fingerprint density at radius 3 is 2.13 bits per heavy atom. The molecule has 0 saturated heterocycles. The SMILES string of the molecule is CCN1C(=O)[C@H](CCCN)NC(=O)[C@@H](N)Cc2cc(ccc2O)-c2ccc(O)c(c2)C[C@H]1C(=O)N[C@@H](CCCN)C(=O)NCCN. The molecule has 1 heterocycles. The molecule has 14 nitrogen and oxygen atoms in total. The summed E-state index contributed by atoms with van der Waals surface area (Å²) in [5, 5.41) is 29.7. The van der Waals surface area contributed by atoms with Crippen LogP contribution in [0.2, 0.25) is 0 Å². The number of phenolic OH excluding ortho intramolecular Hbond substituents is 2. The number of rotatable bonds is 12. The van der Waals surface area contributed by atoms with E-state index in [0.29, 0.717) is 41.6 Å². The van der Waals surface area contributed by atoms with Gasteiger partial charge >= 0.3 is 0 Å². The van der Waals surface area contributed by atoms with Gasteiger partial charge in [-0.25, -0.2) is 0 Å². The molecule has 3 rings (SSSR count).